The Hall–Kier alpha value is -0.680. The van der Waals surface area contributed by atoms with Crippen LogP contribution in [0.25, 0.3) is 0 Å². The van der Waals surface area contributed by atoms with E-state index in [0.717, 1.165) is 36.6 Å². The molecule has 0 aliphatic heterocycles. The highest BCUT2D eigenvalue weighted by Crippen LogP contribution is 2.15. The summed E-state index contributed by atoms with van der Waals surface area (Å²) in [5, 5.41) is 4.30. The van der Waals surface area contributed by atoms with Gasteiger partial charge in [-0.3, -0.25) is 0 Å². The van der Waals surface area contributed by atoms with Gasteiger partial charge in [0, 0.05) is 24.0 Å². The first-order valence-corrected chi connectivity index (χ1v) is 6.36. The Kier molecular flexibility index (Phi) is 5.57. The highest BCUT2D eigenvalue weighted by atomic mass is 32.1. The van der Waals surface area contributed by atoms with Gasteiger partial charge in [-0.15, -0.1) is 0 Å². The molecule has 0 aliphatic carbocycles. The zero-order valence-electron chi connectivity index (χ0n) is 9.49. The molecule has 1 atom stereocenters. The lowest BCUT2D eigenvalue weighted by Gasteiger charge is -2.13. The van der Waals surface area contributed by atoms with Gasteiger partial charge in [-0.1, -0.05) is 13.8 Å². The number of nitrogens with zero attached hydrogens (tertiary/aromatic N) is 2. The van der Waals surface area contributed by atoms with Crippen LogP contribution < -0.4 is 11.1 Å². The Labute approximate surface area is 95.5 Å². The first-order valence-electron chi connectivity index (χ1n) is 5.59. The summed E-state index contributed by atoms with van der Waals surface area (Å²) in [5.41, 5.74) is 5.54. The number of rotatable bonds is 7. The van der Waals surface area contributed by atoms with Crippen LogP contribution in [0.1, 0.15) is 38.9 Å². The minimum absolute atomic E-state index is 0.428. The van der Waals surface area contributed by atoms with Crippen molar-refractivity contribution in [2.45, 2.75) is 45.6 Å². The van der Waals surface area contributed by atoms with Crippen LogP contribution in [0.4, 0.5) is 5.13 Å². The molecule has 1 rings (SSSR count). The van der Waals surface area contributed by atoms with Crippen molar-refractivity contribution < 1.29 is 0 Å². The Morgan fingerprint density at radius 3 is 2.87 bits per heavy atom. The summed E-state index contributed by atoms with van der Waals surface area (Å²) in [5.74, 6) is 0.951. The standard InChI is InChI=1S/C10H20N4S/c1-3-5-9-13-10(15-14-9)12-8(4-2)6-7-11/h8H,3-7,11H2,1-2H3,(H,12,13,14). The monoisotopic (exact) mass is 228 g/mol. The molecule has 0 aromatic carbocycles. The second-order valence-electron chi connectivity index (χ2n) is 3.59. The summed E-state index contributed by atoms with van der Waals surface area (Å²) >= 11 is 1.45. The minimum Gasteiger partial charge on any atom is -0.358 e. The quantitative estimate of drug-likeness (QED) is 0.749. The van der Waals surface area contributed by atoms with E-state index in [1.54, 1.807) is 0 Å². The van der Waals surface area contributed by atoms with E-state index in [9.17, 15) is 0 Å². The van der Waals surface area contributed by atoms with Gasteiger partial charge >= 0.3 is 0 Å². The van der Waals surface area contributed by atoms with Crippen molar-refractivity contribution >= 4 is 16.7 Å². The second-order valence-corrected chi connectivity index (χ2v) is 4.34. The molecular formula is C10H20N4S. The van der Waals surface area contributed by atoms with Gasteiger partial charge in [0.05, 0.1) is 0 Å². The van der Waals surface area contributed by atoms with Crippen LogP contribution in [-0.2, 0) is 6.42 Å². The summed E-state index contributed by atoms with van der Waals surface area (Å²) in [7, 11) is 0. The number of aryl methyl sites for hydroxylation is 1. The average molecular weight is 228 g/mol. The van der Waals surface area contributed by atoms with Crippen molar-refractivity contribution in [1.29, 1.82) is 0 Å². The fourth-order valence-electron chi connectivity index (χ4n) is 1.39. The molecule has 0 fully saturated rings. The normalized spacial score (nSPS) is 12.7. The van der Waals surface area contributed by atoms with Crippen LogP contribution in [0, 0.1) is 0 Å². The van der Waals surface area contributed by atoms with Crippen LogP contribution in [-0.4, -0.2) is 21.9 Å². The lowest BCUT2D eigenvalue weighted by atomic mass is 10.1. The topological polar surface area (TPSA) is 63.8 Å². The number of hydrogen-bond acceptors (Lipinski definition) is 5. The number of aromatic nitrogens is 2. The van der Waals surface area contributed by atoms with Gasteiger partial charge in [0.1, 0.15) is 5.82 Å². The zero-order chi connectivity index (χ0) is 11.1. The average Bonchev–Trinajstić information content (AvgIpc) is 2.66. The number of nitrogens with two attached hydrogens (primary N) is 1. The predicted octanol–water partition coefficient (Wildman–Crippen LogP) is 2.03. The van der Waals surface area contributed by atoms with Crippen LogP contribution in [0.15, 0.2) is 0 Å². The maximum atomic E-state index is 5.54. The molecule has 1 unspecified atom stereocenters. The Balaban J connectivity index is 2.47. The highest BCUT2D eigenvalue weighted by Gasteiger charge is 2.08. The lowest BCUT2D eigenvalue weighted by molar-refractivity contribution is 0.641. The van der Waals surface area contributed by atoms with E-state index in [4.69, 9.17) is 5.73 Å². The minimum atomic E-state index is 0.428. The van der Waals surface area contributed by atoms with Crippen molar-refractivity contribution in [3.8, 4) is 0 Å². The van der Waals surface area contributed by atoms with E-state index >= 15 is 0 Å². The number of hydrogen-bond donors (Lipinski definition) is 2. The van der Waals surface area contributed by atoms with Gasteiger partial charge in [-0.25, -0.2) is 4.98 Å². The Bertz CT molecular complexity index is 274. The van der Waals surface area contributed by atoms with Crippen LogP contribution in [0.3, 0.4) is 0 Å². The third-order valence-corrected chi connectivity index (χ3v) is 2.96. The van der Waals surface area contributed by atoms with Gasteiger partial charge in [-0.2, -0.15) is 4.37 Å². The molecule has 0 saturated heterocycles. The Morgan fingerprint density at radius 1 is 1.47 bits per heavy atom. The summed E-state index contributed by atoms with van der Waals surface area (Å²) < 4.78 is 4.29. The summed E-state index contributed by atoms with van der Waals surface area (Å²) in [6, 6.07) is 0.428. The maximum Gasteiger partial charge on any atom is 0.202 e. The van der Waals surface area contributed by atoms with Crippen LogP contribution in [0.2, 0.25) is 0 Å². The molecule has 0 aliphatic rings. The molecule has 86 valence electrons. The second kappa shape index (κ2) is 6.74. The number of nitrogens with one attached hydrogen (secondary N) is 1. The van der Waals surface area contributed by atoms with Crippen molar-refractivity contribution in [1.82, 2.24) is 9.36 Å². The predicted molar refractivity (Wildman–Crippen MR) is 65.3 cm³/mol. The lowest BCUT2D eigenvalue weighted by Crippen LogP contribution is -2.22. The Morgan fingerprint density at radius 2 is 2.27 bits per heavy atom. The SMILES string of the molecule is CCCc1nsc(NC(CC)CCN)n1. The molecular weight excluding hydrogens is 208 g/mol. The fourth-order valence-corrected chi connectivity index (χ4v) is 2.08. The van der Waals surface area contributed by atoms with E-state index in [0.29, 0.717) is 12.6 Å². The van der Waals surface area contributed by atoms with E-state index in [-0.39, 0.29) is 0 Å². The molecule has 4 nitrogen and oxygen atoms in total. The molecule has 0 amide bonds. The summed E-state index contributed by atoms with van der Waals surface area (Å²) in [6.45, 7) is 5.00. The van der Waals surface area contributed by atoms with E-state index in [1.807, 2.05) is 0 Å². The molecule has 1 aromatic heterocycles. The van der Waals surface area contributed by atoms with Gasteiger partial charge in [0.2, 0.25) is 5.13 Å². The molecule has 15 heavy (non-hydrogen) atoms. The van der Waals surface area contributed by atoms with Crippen molar-refractivity contribution in [3.05, 3.63) is 5.82 Å². The van der Waals surface area contributed by atoms with Crippen molar-refractivity contribution in [2.75, 3.05) is 11.9 Å². The van der Waals surface area contributed by atoms with Crippen LogP contribution >= 0.6 is 11.5 Å². The molecule has 0 bridgehead atoms. The highest BCUT2D eigenvalue weighted by molar-refractivity contribution is 7.09. The largest absolute Gasteiger partial charge is 0.358 e. The molecule has 1 heterocycles. The molecule has 5 heteroatoms. The summed E-state index contributed by atoms with van der Waals surface area (Å²) in [6.07, 6.45) is 4.11. The molecule has 0 radical (unpaired) electrons. The van der Waals surface area contributed by atoms with Gasteiger partial charge in [0.25, 0.3) is 0 Å². The van der Waals surface area contributed by atoms with Crippen molar-refractivity contribution in [2.24, 2.45) is 5.73 Å². The van der Waals surface area contributed by atoms with E-state index in [1.165, 1.54) is 11.5 Å². The zero-order valence-corrected chi connectivity index (χ0v) is 10.3. The fraction of sp³-hybridized carbons (Fsp3) is 0.800. The third-order valence-electron chi connectivity index (χ3n) is 2.28. The third kappa shape index (κ3) is 4.13. The van der Waals surface area contributed by atoms with Gasteiger partial charge in [-0.05, 0) is 25.8 Å². The molecule has 0 saturated carbocycles. The smallest absolute Gasteiger partial charge is 0.202 e. The first kappa shape index (κ1) is 12.4. The van der Waals surface area contributed by atoms with Crippen LogP contribution in [0.5, 0.6) is 0 Å². The number of anilines is 1. The molecule has 3 N–H and O–H groups in total. The molecule has 1 aromatic rings. The van der Waals surface area contributed by atoms with Gasteiger partial charge < -0.3 is 11.1 Å². The summed E-state index contributed by atoms with van der Waals surface area (Å²) in [4.78, 5) is 4.43. The van der Waals surface area contributed by atoms with E-state index < -0.39 is 0 Å². The molecule has 0 spiro atoms. The van der Waals surface area contributed by atoms with Crippen molar-refractivity contribution in [3.63, 3.8) is 0 Å². The maximum absolute atomic E-state index is 5.54. The van der Waals surface area contributed by atoms with E-state index in [2.05, 4.69) is 28.5 Å². The first-order chi connectivity index (χ1) is 7.30. The van der Waals surface area contributed by atoms with Gasteiger partial charge in [0.15, 0.2) is 0 Å².